The fourth-order valence-corrected chi connectivity index (χ4v) is 3.19. The molecule has 0 aliphatic carbocycles. The fourth-order valence-electron chi connectivity index (χ4n) is 2.66. The second kappa shape index (κ2) is 6.59. The SMILES string of the molecule is Clc1cccc(Cl)c1NCc1ccc(N2CCCC2)cc1. The Hall–Kier alpha value is -1.38. The number of hydrogen-bond donors (Lipinski definition) is 1. The van der Waals surface area contributed by atoms with Gasteiger partial charge in [0.05, 0.1) is 15.7 Å². The molecule has 4 heteroatoms. The minimum absolute atomic E-state index is 0.649. The van der Waals surface area contributed by atoms with Gasteiger partial charge in [-0.25, -0.2) is 0 Å². The van der Waals surface area contributed by atoms with E-state index in [1.807, 2.05) is 18.2 Å². The molecule has 0 saturated carbocycles. The first-order chi connectivity index (χ1) is 10.2. The Bertz CT molecular complexity index is 584. The molecule has 1 aliphatic rings. The van der Waals surface area contributed by atoms with E-state index in [0.29, 0.717) is 16.6 Å². The smallest absolute Gasteiger partial charge is 0.0721 e. The molecule has 1 fully saturated rings. The minimum atomic E-state index is 0.649. The van der Waals surface area contributed by atoms with Crippen molar-refractivity contribution in [2.24, 2.45) is 0 Å². The van der Waals surface area contributed by atoms with Crippen LogP contribution in [0.15, 0.2) is 42.5 Å². The standard InChI is InChI=1S/C17H18Cl2N2/c18-15-4-3-5-16(19)17(15)20-12-13-6-8-14(9-7-13)21-10-1-2-11-21/h3-9,20H,1-2,10-12H2. The van der Waals surface area contributed by atoms with Crippen LogP contribution in [0, 0.1) is 0 Å². The predicted octanol–water partition coefficient (Wildman–Crippen LogP) is 5.21. The maximum atomic E-state index is 6.15. The third-order valence-electron chi connectivity index (χ3n) is 3.84. The van der Waals surface area contributed by atoms with Crippen LogP contribution in [0.1, 0.15) is 18.4 Å². The lowest BCUT2D eigenvalue weighted by atomic mass is 10.2. The highest BCUT2D eigenvalue weighted by atomic mass is 35.5. The molecule has 21 heavy (non-hydrogen) atoms. The summed E-state index contributed by atoms with van der Waals surface area (Å²) < 4.78 is 0. The Labute approximate surface area is 135 Å². The van der Waals surface area contributed by atoms with Crippen molar-refractivity contribution in [2.45, 2.75) is 19.4 Å². The Morgan fingerprint density at radius 1 is 0.905 bits per heavy atom. The number of nitrogens with zero attached hydrogens (tertiary/aromatic N) is 1. The molecule has 0 amide bonds. The van der Waals surface area contributed by atoms with Crippen LogP contribution in [0.25, 0.3) is 0 Å². The molecule has 3 rings (SSSR count). The van der Waals surface area contributed by atoms with Crippen molar-refractivity contribution in [1.82, 2.24) is 0 Å². The Morgan fingerprint density at radius 3 is 2.14 bits per heavy atom. The van der Waals surface area contributed by atoms with Gasteiger partial charge in [0.15, 0.2) is 0 Å². The van der Waals surface area contributed by atoms with Gasteiger partial charge in [0.1, 0.15) is 0 Å². The van der Waals surface area contributed by atoms with Crippen LogP contribution in [0.2, 0.25) is 10.0 Å². The number of anilines is 2. The normalized spacial score (nSPS) is 14.5. The van der Waals surface area contributed by atoms with E-state index < -0.39 is 0 Å². The first kappa shape index (κ1) is 14.6. The highest BCUT2D eigenvalue weighted by Gasteiger charge is 2.11. The zero-order valence-corrected chi connectivity index (χ0v) is 13.3. The molecule has 0 aromatic heterocycles. The summed E-state index contributed by atoms with van der Waals surface area (Å²) in [6.45, 7) is 3.06. The number of para-hydroxylation sites is 1. The van der Waals surface area contributed by atoms with Crippen LogP contribution in [-0.2, 0) is 6.54 Å². The van der Waals surface area contributed by atoms with Crippen molar-refractivity contribution in [3.63, 3.8) is 0 Å². The summed E-state index contributed by atoms with van der Waals surface area (Å²) in [7, 11) is 0. The zero-order chi connectivity index (χ0) is 14.7. The molecule has 2 aromatic rings. The summed E-state index contributed by atoms with van der Waals surface area (Å²) in [6, 6.07) is 14.2. The van der Waals surface area contributed by atoms with Gasteiger partial charge < -0.3 is 10.2 Å². The monoisotopic (exact) mass is 320 g/mol. The highest BCUT2D eigenvalue weighted by molar-refractivity contribution is 6.39. The first-order valence-electron chi connectivity index (χ1n) is 7.26. The number of halogens is 2. The van der Waals surface area contributed by atoms with Gasteiger partial charge >= 0.3 is 0 Å². The van der Waals surface area contributed by atoms with Crippen LogP contribution >= 0.6 is 23.2 Å². The van der Waals surface area contributed by atoms with Gasteiger partial charge in [-0.05, 0) is 42.7 Å². The fraction of sp³-hybridized carbons (Fsp3) is 0.294. The van der Waals surface area contributed by atoms with Crippen LogP contribution < -0.4 is 10.2 Å². The van der Waals surface area contributed by atoms with Crippen molar-refractivity contribution < 1.29 is 0 Å². The van der Waals surface area contributed by atoms with E-state index >= 15 is 0 Å². The van der Waals surface area contributed by atoms with Gasteiger partial charge in [-0.2, -0.15) is 0 Å². The third kappa shape index (κ3) is 3.45. The van der Waals surface area contributed by atoms with Crippen molar-refractivity contribution in [1.29, 1.82) is 0 Å². The Morgan fingerprint density at radius 2 is 1.52 bits per heavy atom. The molecule has 2 aromatic carbocycles. The zero-order valence-electron chi connectivity index (χ0n) is 11.8. The van der Waals surface area contributed by atoms with Crippen molar-refractivity contribution in [2.75, 3.05) is 23.3 Å². The third-order valence-corrected chi connectivity index (χ3v) is 4.47. The van der Waals surface area contributed by atoms with Gasteiger partial charge in [0.25, 0.3) is 0 Å². The molecular weight excluding hydrogens is 303 g/mol. The first-order valence-corrected chi connectivity index (χ1v) is 8.01. The number of hydrogen-bond acceptors (Lipinski definition) is 2. The maximum absolute atomic E-state index is 6.15. The van der Waals surface area contributed by atoms with Gasteiger partial charge in [-0.1, -0.05) is 41.4 Å². The topological polar surface area (TPSA) is 15.3 Å². The predicted molar refractivity (Wildman–Crippen MR) is 91.7 cm³/mol. The summed E-state index contributed by atoms with van der Waals surface area (Å²) in [4.78, 5) is 2.43. The maximum Gasteiger partial charge on any atom is 0.0721 e. The van der Waals surface area contributed by atoms with Crippen LogP contribution in [-0.4, -0.2) is 13.1 Å². The van der Waals surface area contributed by atoms with Crippen molar-refractivity contribution in [3.05, 3.63) is 58.1 Å². The summed E-state index contributed by atoms with van der Waals surface area (Å²) >= 11 is 12.3. The van der Waals surface area contributed by atoms with E-state index in [1.54, 1.807) is 0 Å². The molecule has 2 nitrogen and oxygen atoms in total. The van der Waals surface area contributed by atoms with Gasteiger partial charge in [-0.15, -0.1) is 0 Å². The lowest BCUT2D eigenvalue weighted by Crippen LogP contribution is -2.17. The van der Waals surface area contributed by atoms with E-state index in [0.717, 1.165) is 5.69 Å². The molecular formula is C17H18Cl2N2. The van der Waals surface area contributed by atoms with E-state index in [-0.39, 0.29) is 0 Å². The van der Waals surface area contributed by atoms with Crippen LogP contribution in [0.3, 0.4) is 0 Å². The lowest BCUT2D eigenvalue weighted by Gasteiger charge is -2.18. The second-order valence-electron chi connectivity index (χ2n) is 5.31. The Balaban J connectivity index is 1.65. The van der Waals surface area contributed by atoms with Gasteiger partial charge in [-0.3, -0.25) is 0 Å². The molecule has 1 N–H and O–H groups in total. The van der Waals surface area contributed by atoms with E-state index in [9.17, 15) is 0 Å². The molecule has 110 valence electrons. The molecule has 0 spiro atoms. The minimum Gasteiger partial charge on any atom is -0.379 e. The highest BCUT2D eigenvalue weighted by Crippen LogP contribution is 2.30. The summed E-state index contributed by atoms with van der Waals surface area (Å²) in [5.41, 5.74) is 3.32. The molecule has 1 heterocycles. The molecule has 1 aliphatic heterocycles. The van der Waals surface area contributed by atoms with Gasteiger partial charge in [0, 0.05) is 25.3 Å². The average molecular weight is 321 g/mol. The number of benzene rings is 2. The van der Waals surface area contributed by atoms with E-state index in [2.05, 4.69) is 34.5 Å². The quantitative estimate of drug-likeness (QED) is 0.832. The summed E-state index contributed by atoms with van der Waals surface area (Å²) in [5.74, 6) is 0. The largest absolute Gasteiger partial charge is 0.379 e. The number of rotatable bonds is 4. The molecule has 1 saturated heterocycles. The van der Waals surface area contributed by atoms with Crippen LogP contribution in [0.4, 0.5) is 11.4 Å². The van der Waals surface area contributed by atoms with E-state index in [1.165, 1.54) is 37.2 Å². The van der Waals surface area contributed by atoms with Gasteiger partial charge in [0.2, 0.25) is 0 Å². The van der Waals surface area contributed by atoms with Crippen molar-refractivity contribution >= 4 is 34.6 Å². The second-order valence-corrected chi connectivity index (χ2v) is 6.13. The molecule has 0 radical (unpaired) electrons. The molecule has 0 unspecified atom stereocenters. The van der Waals surface area contributed by atoms with Crippen molar-refractivity contribution in [3.8, 4) is 0 Å². The average Bonchev–Trinajstić information content (AvgIpc) is 3.02. The summed E-state index contributed by atoms with van der Waals surface area (Å²) in [6.07, 6.45) is 2.60. The lowest BCUT2D eigenvalue weighted by molar-refractivity contribution is 0.949. The molecule has 0 bridgehead atoms. The summed E-state index contributed by atoms with van der Waals surface area (Å²) in [5, 5.41) is 4.61. The van der Waals surface area contributed by atoms with Crippen LogP contribution in [0.5, 0.6) is 0 Å². The number of nitrogens with one attached hydrogen (secondary N) is 1. The van der Waals surface area contributed by atoms with E-state index in [4.69, 9.17) is 23.2 Å². The molecule has 0 atom stereocenters. The Kier molecular flexibility index (Phi) is 4.57.